The van der Waals surface area contributed by atoms with Crippen molar-refractivity contribution < 1.29 is 18.3 Å². The molecular formula is C11H13F3N4OS. The number of aromatic nitrogens is 4. The predicted molar refractivity (Wildman–Crippen MR) is 65.6 cm³/mol. The second kappa shape index (κ2) is 4.96. The lowest BCUT2D eigenvalue weighted by atomic mass is 10.1. The maximum Gasteiger partial charge on any atom is 0.414 e. The summed E-state index contributed by atoms with van der Waals surface area (Å²) >= 11 is 1.04. The molecule has 1 saturated carbocycles. The summed E-state index contributed by atoms with van der Waals surface area (Å²) in [5.41, 5.74) is 0. The van der Waals surface area contributed by atoms with Gasteiger partial charge in [-0.1, -0.05) is 24.2 Å². The molecule has 0 amide bonds. The Bertz CT molecular complexity index is 602. The molecule has 110 valence electrons. The Labute approximate surface area is 116 Å². The molecule has 9 heteroatoms. The van der Waals surface area contributed by atoms with E-state index in [1.54, 1.807) is 0 Å². The standard InChI is InChI=1S/C11H13F3N4OS/c12-11(13,14)7(19)5-8-17-18-9(6-3-1-2-4-6)15-16-10(18)20-8/h6-7,19H,1-5H2. The number of aliphatic hydroxyl groups is 1. The Hall–Kier alpha value is -1.22. The van der Waals surface area contributed by atoms with Crippen LogP contribution in [0.2, 0.25) is 0 Å². The molecule has 2 aromatic rings. The third-order valence-corrected chi connectivity index (χ3v) is 4.44. The van der Waals surface area contributed by atoms with E-state index in [4.69, 9.17) is 5.11 Å². The molecule has 0 aromatic carbocycles. The van der Waals surface area contributed by atoms with Crippen LogP contribution >= 0.6 is 11.3 Å². The summed E-state index contributed by atoms with van der Waals surface area (Å²) in [7, 11) is 0. The minimum atomic E-state index is -4.62. The van der Waals surface area contributed by atoms with Gasteiger partial charge in [0.15, 0.2) is 11.9 Å². The zero-order valence-electron chi connectivity index (χ0n) is 10.5. The molecule has 3 rings (SSSR count). The van der Waals surface area contributed by atoms with Gasteiger partial charge < -0.3 is 5.11 Å². The fraction of sp³-hybridized carbons (Fsp3) is 0.727. The van der Waals surface area contributed by atoms with Crippen molar-refractivity contribution in [3.63, 3.8) is 0 Å². The summed E-state index contributed by atoms with van der Waals surface area (Å²) in [6, 6.07) is 0. The lowest BCUT2D eigenvalue weighted by Crippen LogP contribution is -2.30. The smallest absolute Gasteiger partial charge is 0.383 e. The first-order valence-electron chi connectivity index (χ1n) is 6.41. The predicted octanol–water partition coefficient (Wildman–Crippen LogP) is 2.31. The number of alkyl halides is 3. The second-order valence-electron chi connectivity index (χ2n) is 4.99. The van der Waals surface area contributed by atoms with Crippen molar-refractivity contribution in [3.05, 3.63) is 10.8 Å². The Kier molecular flexibility index (Phi) is 3.41. The highest BCUT2D eigenvalue weighted by molar-refractivity contribution is 7.16. The topological polar surface area (TPSA) is 63.3 Å². The molecule has 0 aliphatic heterocycles. The van der Waals surface area contributed by atoms with E-state index in [0.29, 0.717) is 4.96 Å². The van der Waals surface area contributed by atoms with Crippen molar-refractivity contribution in [1.29, 1.82) is 0 Å². The second-order valence-corrected chi connectivity index (χ2v) is 6.03. The van der Waals surface area contributed by atoms with E-state index in [0.717, 1.165) is 42.8 Å². The fourth-order valence-corrected chi connectivity index (χ4v) is 3.35. The van der Waals surface area contributed by atoms with Gasteiger partial charge in [0.1, 0.15) is 5.01 Å². The third kappa shape index (κ3) is 2.51. The molecule has 1 fully saturated rings. The molecule has 1 aliphatic carbocycles. The summed E-state index contributed by atoms with van der Waals surface area (Å²) in [6.07, 6.45) is -3.27. The van der Waals surface area contributed by atoms with Crippen LogP contribution in [0.15, 0.2) is 0 Å². The van der Waals surface area contributed by atoms with Gasteiger partial charge in [-0.15, -0.1) is 10.2 Å². The van der Waals surface area contributed by atoms with Crippen molar-refractivity contribution in [3.8, 4) is 0 Å². The molecule has 0 bridgehead atoms. The van der Waals surface area contributed by atoms with Crippen LogP contribution in [0.5, 0.6) is 0 Å². The number of rotatable bonds is 3. The van der Waals surface area contributed by atoms with E-state index >= 15 is 0 Å². The van der Waals surface area contributed by atoms with Crippen LogP contribution in [0, 0.1) is 0 Å². The highest BCUT2D eigenvalue weighted by Gasteiger charge is 2.39. The fourth-order valence-electron chi connectivity index (χ4n) is 2.47. The van der Waals surface area contributed by atoms with Crippen molar-refractivity contribution >= 4 is 16.3 Å². The first-order valence-corrected chi connectivity index (χ1v) is 7.22. The molecular weight excluding hydrogens is 293 g/mol. The maximum absolute atomic E-state index is 12.3. The Morgan fingerprint density at radius 3 is 2.65 bits per heavy atom. The number of nitrogens with zero attached hydrogens (tertiary/aromatic N) is 4. The monoisotopic (exact) mass is 306 g/mol. The number of aliphatic hydroxyl groups excluding tert-OH is 1. The highest BCUT2D eigenvalue weighted by Crippen LogP contribution is 2.34. The van der Waals surface area contributed by atoms with E-state index in [1.165, 1.54) is 4.52 Å². The number of hydrogen-bond acceptors (Lipinski definition) is 5. The third-order valence-electron chi connectivity index (χ3n) is 3.52. The van der Waals surface area contributed by atoms with Gasteiger partial charge in [0.2, 0.25) is 4.96 Å². The molecule has 0 saturated heterocycles. The van der Waals surface area contributed by atoms with Gasteiger partial charge in [0, 0.05) is 12.3 Å². The van der Waals surface area contributed by atoms with Crippen molar-refractivity contribution in [1.82, 2.24) is 19.8 Å². The van der Waals surface area contributed by atoms with Crippen LogP contribution in [-0.4, -0.2) is 37.2 Å². The molecule has 20 heavy (non-hydrogen) atoms. The van der Waals surface area contributed by atoms with E-state index < -0.39 is 18.7 Å². The van der Waals surface area contributed by atoms with Gasteiger partial charge in [-0.05, 0) is 12.8 Å². The van der Waals surface area contributed by atoms with Gasteiger partial charge in [-0.2, -0.15) is 22.8 Å². The van der Waals surface area contributed by atoms with Crippen LogP contribution in [0.1, 0.15) is 42.4 Å². The van der Waals surface area contributed by atoms with Crippen LogP contribution in [0.25, 0.3) is 4.96 Å². The molecule has 1 N–H and O–H groups in total. The normalized spacial score (nSPS) is 19.0. The van der Waals surface area contributed by atoms with Gasteiger partial charge in [-0.3, -0.25) is 0 Å². The lowest BCUT2D eigenvalue weighted by molar-refractivity contribution is -0.203. The average molecular weight is 306 g/mol. The molecule has 5 nitrogen and oxygen atoms in total. The van der Waals surface area contributed by atoms with Crippen LogP contribution in [0.4, 0.5) is 13.2 Å². The maximum atomic E-state index is 12.3. The molecule has 1 aliphatic rings. The number of halogens is 3. The molecule has 2 heterocycles. The van der Waals surface area contributed by atoms with Gasteiger partial charge >= 0.3 is 6.18 Å². The van der Waals surface area contributed by atoms with Crippen molar-refractivity contribution in [2.45, 2.75) is 50.3 Å². The van der Waals surface area contributed by atoms with Gasteiger partial charge in [-0.25, -0.2) is 0 Å². The van der Waals surface area contributed by atoms with Crippen molar-refractivity contribution in [2.75, 3.05) is 0 Å². The average Bonchev–Trinajstić information content (AvgIpc) is 3.01. The molecule has 0 radical (unpaired) electrons. The zero-order valence-corrected chi connectivity index (χ0v) is 11.3. The van der Waals surface area contributed by atoms with Crippen molar-refractivity contribution in [2.24, 2.45) is 0 Å². The number of fused-ring (bicyclic) bond motifs is 1. The van der Waals surface area contributed by atoms with Gasteiger partial charge in [0.05, 0.1) is 0 Å². The Morgan fingerprint density at radius 2 is 2.00 bits per heavy atom. The molecule has 2 aromatic heterocycles. The largest absolute Gasteiger partial charge is 0.414 e. The lowest BCUT2D eigenvalue weighted by Gasteiger charge is -2.12. The first-order chi connectivity index (χ1) is 9.45. The molecule has 1 unspecified atom stereocenters. The summed E-state index contributed by atoms with van der Waals surface area (Å²) in [4.78, 5) is 0.483. The Balaban J connectivity index is 1.84. The van der Waals surface area contributed by atoms with E-state index in [-0.39, 0.29) is 10.9 Å². The van der Waals surface area contributed by atoms with Gasteiger partial charge in [0.25, 0.3) is 0 Å². The zero-order chi connectivity index (χ0) is 14.3. The minimum absolute atomic E-state index is 0.221. The summed E-state index contributed by atoms with van der Waals surface area (Å²) in [5.74, 6) is 1.01. The van der Waals surface area contributed by atoms with E-state index in [1.807, 2.05) is 0 Å². The quantitative estimate of drug-likeness (QED) is 0.945. The summed E-state index contributed by atoms with van der Waals surface area (Å²) < 4.78 is 38.5. The van der Waals surface area contributed by atoms with Crippen LogP contribution < -0.4 is 0 Å². The van der Waals surface area contributed by atoms with E-state index in [2.05, 4.69) is 15.3 Å². The summed E-state index contributed by atoms with van der Waals surface area (Å²) in [5, 5.41) is 21.5. The minimum Gasteiger partial charge on any atom is -0.383 e. The first kappa shape index (κ1) is 13.7. The SMILES string of the molecule is OC(Cc1nn2c(C3CCCC3)nnc2s1)C(F)(F)F. The molecule has 0 spiro atoms. The van der Waals surface area contributed by atoms with E-state index in [9.17, 15) is 13.2 Å². The molecule has 1 atom stereocenters. The summed E-state index contributed by atoms with van der Waals surface area (Å²) in [6.45, 7) is 0. The highest BCUT2D eigenvalue weighted by atomic mass is 32.1. The van der Waals surface area contributed by atoms with Crippen LogP contribution in [0.3, 0.4) is 0 Å². The number of hydrogen-bond donors (Lipinski definition) is 1. The van der Waals surface area contributed by atoms with Crippen LogP contribution in [-0.2, 0) is 6.42 Å². The Morgan fingerprint density at radius 1 is 1.30 bits per heavy atom.